The molecule has 1 aromatic heterocycles. The topological polar surface area (TPSA) is 54.1 Å². The number of hydrogen-bond donors (Lipinski definition) is 2. The summed E-state index contributed by atoms with van der Waals surface area (Å²) in [5.41, 5.74) is 5.64. The first-order valence-electron chi connectivity index (χ1n) is 8.57. The van der Waals surface area contributed by atoms with Crippen LogP contribution in [0.1, 0.15) is 22.3 Å². The van der Waals surface area contributed by atoms with Gasteiger partial charge in [-0.15, -0.1) is 0 Å². The molecule has 0 saturated heterocycles. The van der Waals surface area contributed by atoms with Crippen molar-refractivity contribution in [3.8, 4) is 5.75 Å². The molecule has 130 valence electrons. The van der Waals surface area contributed by atoms with Gasteiger partial charge < -0.3 is 15.0 Å². The minimum absolute atomic E-state index is 0.0407. The van der Waals surface area contributed by atoms with E-state index in [1.54, 1.807) is 0 Å². The number of benzene rings is 2. The molecule has 2 N–H and O–H groups in total. The molecule has 0 spiro atoms. The van der Waals surface area contributed by atoms with Crippen LogP contribution in [0.2, 0.25) is 0 Å². The Morgan fingerprint density at radius 2 is 1.84 bits per heavy atom. The van der Waals surface area contributed by atoms with E-state index in [9.17, 15) is 4.79 Å². The molecule has 2 aromatic carbocycles. The number of rotatable bonds is 6. The number of aromatic amines is 1. The third kappa shape index (κ3) is 3.85. The van der Waals surface area contributed by atoms with Gasteiger partial charge in [0, 0.05) is 23.6 Å². The summed E-state index contributed by atoms with van der Waals surface area (Å²) in [4.78, 5) is 15.3. The van der Waals surface area contributed by atoms with Crippen LogP contribution in [0.5, 0.6) is 5.75 Å². The van der Waals surface area contributed by atoms with Gasteiger partial charge in [0.1, 0.15) is 5.75 Å². The summed E-state index contributed by atoms with van der Waals surface area (Å²) in [7, 11) is 0. The van der Waals surface area contributed by atoms with Crippen molar-refractivity contribution in [3.63, 3.8) is 0 Å². The number of nitrogens with one attached hydrogen (secondary N) is 2. The maximum Gasteiger partial charge on any atom is 0.257 e. The van der Waals surface area contributed by atoms with Crippen molar-refractivity contribution < 1.29 is 9.53 Å². The monoisotopic (exact) mass is 336 g/mol. The lowest BCUT2D eigenvalue weighted by Gasteiger charge is -2.13. The van der Waals surface area contributed by atoms with Crippen LogP contribution >= 0.6 is 0 Å². The second kappa shape index (κ2) is 7.43. The van der Waals surface area contributed by atoms with Gasteiger partial charge in [0.25, 0.3) is 5.91 Å². The van der Waals surface area contributed by atoms with Crippen LogP contribution in [-0.2, 0) is 11.2 Å². The van der Waals surface area contributed by atoms with Gasteiger partial charge in [-0.3, -0.25) is 4.79 Å². The largest absolute Gasteiger partial charge is 0.483 e. The summed E-state index contributed by atoms with van der Waals surface area (Å²) in [5, 5.41) is 4.14. The number of fused-ring (bicyclic) bond motifs is 1. The van der Waals surface area contributed by atoms with Gasteiger partial charge in [0.05, 0.1) is 0 Å². The molecule has 0 unspecified atom stereocenters. The number of hydrogen-bond acceptors (Lipinski definition) is 2. The molecular weight excluding hydrogens is 312 g/mol. The van der Waals surface area contributed by atoms with Crippen molar-refractivity contribution in [1.82, 2.24) is 10.3 Å². The van der Waals surface area contributed by atoms with E-state index in [1.807, 2.05) is 45.2 Å². The van der Waals surface area contributed by atoms with E-state index in [0.717, 1.165) is 28.8 Å². The number of aryl methyl sites for hydroxylation is 2. The minimum atomic E-state index is -0.0971. The number of H-pyrrole nitrogens is 1. The smallest absolute Gasteiger partial charge is 0.257 e. The van der Waals surface area contributed by atoms with Gasteiger partial charge in [0.2, 0.25) is 0 Å². The lowest BCUT2D eigenvalue weighted by molar-refractivity contribution is -0.123. The fourth-order valence-electron chi connectivity index (χ4n) is 3.01. The van der Waals surface area contributed by atoms with Gasteiger partial charge in [-0.2, -0.15) is 0 Å². The Hall–Kier alpha value is -2.75. The molecule has 0 aliphatic rings. The second-order valence-electron chi connectivity index (χ2n) is 6.40. The molecule has 0 bridgehead atoms. The van der Waals surface area contributed by atoms with E-state index < -0.39 is 0 Å². The number of aromatic nitrogens is 1. The molecule has 3 aromatic rings. The Morgan fingerprint density at radius 1 is 1.08 bits per heavy atom. The molecule has 1 amide bonds. The number of carbonyl (C=O) groups is 1. The quantitative estimate of drug-likeness (QED) is 0.719. The lowest BCUT2D eigenvalue weighted by Crippen LogP contribution is -2.30. The Balaban J connectivity index is 1.51. The molecule has 3 rings (SSSR count). The van der Waals surface area contributed by atoms with Crippen LogP contribution in [0.4, 0.5) is 0 Å². The molecule has 25 heavy (non-hydrogen) atoms. The zero-order valence-electron chi connectivity index (χ0n) is 15.0. The normalized spacial score (nSPS) is 10.8. The van der Waals surface area contributed by atoms with Gasteiger partial charge in [-0.1, -0.05) is 30.3 Å². The van der Waals surface area contributed by atoms with Crippen LogP contribution < -0.4 is 10.1 Å². The van der Waals surface area contributed by atoms with Gasteiger partial charge in [-0.25, -0.2) is 0 Å². The Morgan fingerprint density at radius 3 is 2.68 bits per heavy atom. The van der Waals surface area contributed by atoms with Crippen molar-refractivity contribution in [3.05, 3.63) is 64.8 Å². The number of amides is 1. The third-order valence-electron chi connectivity index (χ3n) is 4.61. The lowest BCUT2D eigenvalue weighted by atomic mass is 10.1. The van der Waals surface area contributed by atoms with E-state index in [1.165, 1.54) is 16.5 Å². The summed E-state index contributed by atoms with van der Waals surface area (Å²) in [5.74, 6) is 0.715. The average molecular weight is 336 g/mol. The molecule has 0 fully saturated rings. The van der Waals surface area contributed by atoms with Crippen molar-refractivity contribution in [1.29, 1.82) is 0 Å². The van der Waals surface area contributed by atoms with Gasteiger partial charge >= 0.3 is 0 Å². The maximum absolute atomic E-state index is 12.1. The Labute approximate surface area is 148 Å². The zero-order valence-corrected chi connectivity index (χ0v) is 15.0. The molecule has 0 radical (unpaired) electrons. The van der Waals surface area contributed by atoms with Gasteiger partial charge in [-0.05, 0) is 55.5 Å². The van der Waals surface area contributed by atoms with E-state index in [2.05, 4.69) is 28.5 Å². The van der Waals surface area contributed by atoms with Crippen LogP contribution in [0, 0.1) is 20.8 Å². The summed E-state index contributed by atoms with van der Waals surface area (Å²) in [6, 6.07) is 12.3. The minimum Gasteiger partial charge on any atom is -0.483 e. The molecule has 4 nitrogen and oxygen atoms in total. The van der Waals surface area contributed by atoms with Crippen molar-refractivity contribution >= 4 is 16.8 Å². The highest BCUT2D eigenvalue weighted by Gasteiger charge is 2.09. The van der Waals surface area contributed by atoms with Crippen LogP contribution in [0.25, 0.3) is 10.9 Å². The SMILES string of the molecule is Cc1ccc(C)c(OCC(=O)NCCc2c[nH]c3ccccc23)c1C. The van der Waals surface area contributed by atoms with E-state index >= 15 is 0 Å². The number of carbonyl (C=O) groups excluding carboxylic acids is 1. The molecule has 4 heteroatoms. The van der Waals surface area contributed by atoms with Crippen LogP contribution in [0.3, 0.4) is 0 Å². The first-order chi connectivity index (χ1) is 12.1. The Bertz CT molecular complexity index is 896. The fourth-order valence-corrected chi connectivity index (χ4v) is 3.01. The zero-order chi connectivity index (χ0) is 17.8. The molecule has 0 saturated carbocycles. The first-order valence-corrected chi connectivity index (χ1v) is 8.57. The maximum atomic E-state index is 12.1. The summed E-state index contributed by atoms with van der Waals surface area (Å²) < 4.78 is 5.75. The van der Waals surface area contributed by atoms with Crippen molar-refractivity contribution in [2.24, 2.45) is 0 Å². The fraction of sp³-hybridized carbons (Fsp3) is 0.286. The first kappa shape index (κ1) is 17.1. The molecule has 0 aliphatic heterocycles. The third-order valence-corrected chi connectivity index (χ3v) is 4.61. The molecule has 0 aliphatic carbocycles. The number of para-hydroxylation sites is 1. The summed E-state index contributed by atoms with van der Waals surface area (Å²) in [6.07, 6.45) is 2.80. The van der Waals surface area contributed by atoms with Crippen LogP contribution in [0.15, 0.2) is 42.6 Å². The summed E-state index contributed by atoms with van der Waals surface area (Å²) in [6.45, 7) is 6.70. The summed E-state index contributed by atoms with van der Waals surface area (Å²) >= 11 is 0. The highest BCUT2D eigenvalue weighted by atomic mass is 16.5. The molecular formula is C21H24N2O2. The predicted octanol–water partition coefficient (Wildman–Crippen LogP) is 3.83. The molecule has 0 atom stereocenters. The van der Waals surface area contributed by atoms with E-state index in [0.29, 0.717) is 6.54 Å². The average Bonchev–Trinajstić information content (AvgIpc) is 3.02. The number of ether oxygens (including phenoxy) is 1. The van der Waals surface area contributed by atoms with Gasteiger partial charge in [0.15, 0.2) is 6.61 Å². The van der Waals surface area contributed by atoms with E-state index in [4.69, 9.17) is 4.74 Å². The van der Waals surface area contributed by atoms with Crippen molar-refractivity contribution in [2.75, 3.05) is 13.2 Å². The van der Waals surface area contributed by atoms with E-state index in [-0.39, 0.29) is 12.5 Å². The standard InChI is InChI=1S/C21H24N2O2/c1-14-8-9-15(2)21(16(14)3)25-13-20(24)22-11-10-17-12-23-19-7-5-4-6-18(17)19/h4-9,12,23H,10-11,13H2,1-3H3,(H,22,24). The second-order valence-corrected chi connectivity index (χ2v) is 6.40. The Kier molecular flexibility index (Phi) is 5.08. The molecule has 1 heterocycles. The highest BCUT2D eigenvalue weighted by molar-refractivity contribution is 5.83. The van der Waals surface area contributed by atoms with Crippen molar-refractivity contribution in [2.45, 2.75) is 27.2 Å². The highest BCUT2D eigenvalue weighted by Crippen LogP contribution is 2.25. The van der Waals surface area contributed by atoms with Crippen LogP contribution in [-0.4, -0.2) is 24.0 Å². The predicted molar refractivity (Wildman–Crippen MR) is 101 cm³/mol.